The molecule has 0 spiro atoms. The summed E-state index contributed by atoms with van der Waals surface area (Å²) in [6.45, 7) is 3.04. The topological polar surface area (TPSA) is 12.5 Å². The molecule has 0 radical (unpaired) electrons. The molecule has 1 atom stereocenters. The summed E-state index contributed by atoms with van der Waals surface area (Å²) in [4.78, 5) is 0. The Labute approximate surface area is 71.9 Å². The molecular formula is C9H11ClO. The number of halogens is 1. The quantitative estimate of drug-likeness (QED) is 0.546. The molecule has 1 heterocycles. The van der Waals surface area contributed by atoms with Crippen molar-refractivity contribution in [3.05, 3.63) is 35.4 Å². The van der Waals surface area contributed by atoms with Crippen LogP contribution in [-0.2, 0) is 4.74 Å². The molecule has 1 saturated heterocycles. The summed E-state index contributed by atoms with van der Waals surface area (Å²) in [5, 5.41) is 0.794. The molecule has 2 heteroatoms. The van der Waals surface area contributed by atoms with Gasteiger partial charge in [-0.1, -0.05) is 29.8 Å². The van der Waals surface area contributed by atoms with Crippen molar-refractivity contribution >= 4 is 11.6 Å². The molecule has 1 unspecified atom stereocenters. The maximum atomic E-state index is 5.54. The van der Waals surface area contributed by atoms with E-state index in [2.05, 4.69) is 6.92 Å². The van der Waals surface area contributed by atoms with E-state index in [1.54, 1.807) is 0 Å². The van der Waals surface area contributed by atoms with Gasteiger partial charge in [-0.3, -0.25) is 0 Å². The Morgan fingerprint density at radius 2 is 1.82 bits per heavy atom. The lowest BCUT2D eigenvalue weighted by molar-refractivity contribution is 0.423. The minimum Gasteiger partial charge on any atom is -0.373 e. The van der Waals surface area contributed by atoms with E-state index >= 15 is 0 Å². The fourth-order valence-corrected chi connectivity index (χ4v) is 0.656. The highest BCUT2D eigenvalue weighted by molar-refractivity contribution is 6.30. The Kier molecular flexibility index (Phi) is 3.40. The zero-order chi connectivity index (χ0) is 8.10. The van der Waals surface area contributed by atoms with E-state index in [1.807, 2.05) is 30.3 Å². The number of epoxide rings is 1. The lowest BCUT2D eigenvalue weighted by Gasteiger charge is -1.80. The molecule has 1 nitrogen and oxygen atoms in total. The Bertz CT molecular complexity index is 194. The minimum atomic E-state index is 0.583. The second-order valence-corrected chi connectivity index (χ2v) is 2.88. The van der Waals surface area contributed by atoms with Crippen LogP contribution < -0.4 is 0 Å². The molecule has 0 aromatic heterocycles. The van der Waals surface area contributed by atoms with Gasteiger partial charge in [-0.2, -0.15) is 0 Å². The van der Waals surface area contributed by atoms with E-state index in [0.29, 0.717) is 6.10 Å². The van der Waals surface area contributed by atoms with Crippen LogP contribution >= 0.6 is 11.6 Å². The second-order valence-electron chi connectivity index (χ2n) is 2.44. The first kappa shape index (κ1) is 8.57. The molecule has 1 aliphatic rings. The maximum Gasteiger partial charge on any atom is 0.0781 e. The van der Waals surface area contributed by atoms with E-state index < -0.39 is 0 Å². The largest absolute Gasteiger partial charge is 0.373 e. The third-order valence-corrected chi connectivity index (χ3v) is 1.49. The van der Waals surface area contributed by atoms with E-state index in [4.69, 9.17) is 16.3 Å². The molecule has 0 aliphatic carbocycles. The first-order valence-electron chi connectivity index (χ1n) is 3.61. The zero-order valence-corrected chi connectivity index (χ0v) is 7.21. The SMILES string of the molecule is CC1CO1.Clc1ccccc1. The van der Waals surface area contributed by atoms with Crippen molar-refractivity contribution < 1.29 is 4.74 Å². The van der Waals surface area contributed by atoms with E-state index in [9.17, 15) is 0 Å². The molecule has 2 rings (SSSR count). The fourth-order valence-electron chi connectivity index (χ4n) is 0.511. The molecule has 11 heavy (non-hydrogen) atoms. The van der Waals surface area contributed by atoms with Gasteiger partial charge in [0.05, 0.1) is 12.7 Å². The first-order valence-corrected chi connectivity index (χ1v) is 3.99. The van der Waals surface area contributed by atoms with Crippen molar-refractivity contribution in [1.29, 1.82) is 0 Å². The van der Waals surface area contributed by atoms with Crippen LogP contribution in [0.2, 0.25) is 5.02 Å². The van der Waals surface area contributed by atoms with Gasteiger partial charge in [0.25, 0.3) is 0 Å². The number of benzene rings is 1. The van der Waals surface area contributed by atoms with Crippen LogP contribution in [0.15, 0.2) is 30.3 Å². The lowest BCUT2D eigenvalue weighted by atomic mass is 10.4. The van der Waals surface area contributed by atoms with Gasteiger partial charge >= 0.3 is 0 Å². The summed E-state index contributed by atoms with van der Waals surface area (Å²) in [7, 11) is 0. The van der Waals surface area contributed by atoms with Crippen molar-refractivity contribution in [3.8, 4) is 0 Å². The summed E-state index contributed by atoms with van der Waals surface area (Å²) in [5.74, 6) is 0. The molecule has 1 aliphatic heterocycles. The number of hydrogen-bond acceptors (Lipinski definition) is 1. The smallest absolute Gasteiger partial charge is 0.0781 e. The monoisotopic (exact) mass is 170 g/mol. The average molecular weight is 171 g/mol. The van der Waals surface area contributed by atoms with Gasteiger partial charge in [-0.15, -0.1) is 0 Å². The highest BCUT2D eigenvalue weighted by atomic mass is 35.5. The van der Waals surface area contributed by atoms with Crippen LogP contribution in [0.25, 0.3) is 0 Å². The van der Waals surface area contributed by atoms with Gasteiger partial charge in [0.15, 0.2) is 0 Å². The second kappa shape index (κ2) is 4.37. The standard InChI is InChI=1S/C6H5Cl.C3H6O/c7-6-4-2-1-3-5-6;1-3-2-4-3/h1-5H;3H,2H2,1H3. The van der Waals surface area contributed by atoms with E-state index in [1.165, 1.54) is 0 Å². The third kappa shape index (κ3) is 4.82. The molecular weight excluding hydrogens is 160 g/mol. The molecule has 0 N–H and O–H groups in total. The summed E-state index contributed by atoms with van der Waals surface area (Å²) in [6, 6.07) is 9.44. The minimum absolute atomic E-state index is 0.583. The maximum absolute atomic E-state index is 5.54. The normalized spacial score (nSPS) is 20.0. The Morgan fingerprint density at radius 1 is 1.36 bits per heavy atom. The molecule has 1 aromatic carbocycles. The van der Waals surface area contributed by atoms with Crippen LogP contribution in [0.4, 0.5) is 0 Å². The summed E-state index contributed by atoms with van der Waals surface area (Å²) in [6.07, 6.45) is 0.583. The molecule has 60 valence electrons. The van der Waals surface area contributed by atoms with Crippen LogP contribution in [-0.4, -0.2) is 12.7 Å². The van der Waals surface area contributed by atoms with Crippen LogP contribution in [0.5, 0.6) is 0 Å². The highest BCUT2D eigenvalue weighted by Gasteiger charge is 2.13. The summed E-state index contributed by atoms with van der Waals surface area (Å²) in [5.41, 5.74) is 0. The van der Waals surface area contributed by atoms with E-state index in [0.717, 1.165) is 11.6 Å². The van der Waals surface area contributed by atoms with Crippen molar-refractivity contribution in [3.63, 3.8) is 0 Å². The number of hydrogen-bond donors (Lipinski definition) is 0. The van der Waals surface area contributed by atoms with Crippen LogP contribution in [0, 0.1) is 0 Å². The van der Waals surface area contributed by atoms with Gasteiger partial charge in [-0.25, -0.2) is 0 Å². The third-order valence-electron chi connectivity index (χ3n) is 1.23. The molecule has 1 fully saturated rings. The van der Waals surface area contributed by atoms with Crippen LogP contribution in [0.3, 0.4) is 0 Å². The molecule has 0 amide bonds. The molecule has 0 bridgehead atoms. The Balaban J connectivity index is 0.000000128. The van der Waals surface area contributed by atoms with Crippen molar-refractivity contribution in [2.45, 2.75) is 13.0 Å². The van der Waals surface area contributed by atoms with Gasteiger partial charge in [0.1, 0.15) is 0 Å². The number of rotatable bonds is 0. The van der Waals surface area contributed by atoms with Gasteiger partial charge in [-0.05, 0) is 19.1 Å². The Morgan fingerprint density at radius 3 is 2.00 bits per heavy atom. The number of ether oxygens (including phenoxy) is 1. The first-order chi connectivity index (χ1) is 5.29. The molecule has 0 saturated carbocycles. The predicted octanol–water partition coefficient (Wildman–Crippen LogP) is 2.75. The lowest BCUT2D eigenvalue weighted by Crippen LogP contribution is -1.60. The fraction of sp³-hybridized carbons (Fsp3) is 0.333. The van der Waals surface area contributed by atoms with Crippen molar-refractivity contribution in [1.82, 2.24) is 0 Å². The summed E-state index contributed by atoms with van der Waals surface area (Å²) < 4.78 is 4.71. The highest BCUT2D eigenvalue weighted by Crippen LogP contribution is 2.04. The Hall–Kier alpha value is -0.530. The summed E-state index contributed by atoms with van der Waals surface area (Å²) >= 11 is 5.54. The van der Waals surface area contributed by atoms with Crippen molar-refractivity contribution in [2.75, 3.05) is 6.61 Å². The van der Waals surface area contributed by atoms with Gasteiger partial charge in [0.2, 0.25) is 0 Å². The van der Waals surface area contributed by atoms with E-state index in [-0.39, 0.29) is 0 Å². The van der Waals surface area contributed by atoms with Crippen LogP contribution in [0.1, 0.15) is 6.92 Å². The predicted molar refractivity (Wildman–Crippen MR) is 46.9 cm³/mol. The zero-order valence-electron chi connectivity index (χ0n) is 6.46. The van der Waals surface area contributed by atoms with Gasteiger partial charge in [0, 0.05) is 5.02 Å². The average Bonchev–Trinajstić information content (AvgIpc) is 2.75. The molecule has 1 aromatic rings. The van der Waals surface area contributed by atoms with Crippen molar-refractivity contribution in [2.24, 2.45) is 0 Å². The van der Waals surface area contributed by atoms with Gasteiger partial charge < -0.3 is 4.74 Å².